The lowest BCUT2D eigenvalue weighted by Crippen LogP contribution is -2.40. The van der Waals surface area contributed by atoms with Crippen LogP contribution in [-0.2, 0) is 16.1 Å². The number of hydrogen-bond donors (Lipinski definition) is 1. The standard InChI is InChI=1S/C26H30N6O3/c1-2-22(33)30-9-7-18(8-10-30)15-32-16-21(23-24(27)28-17-29-25(23)32)19-3-5-20(6-4-19)26(34)31-11-13-35-14-12-31/h2-6,16-18H,1,7-15H2,(H2,27,28,29). The van der Waals surface area contributed by atoms with Gasteiger partial charge in [-0.1, -0.05) is 18.7 Å². The fourth-order valence-corrected chi connectivity index (χ4v) is 4.99. The number of piperidine rings is 1. The van der Waals surface area contributed by atoms with Crippen LogP contribution in [0.1, 0.15) is 23.2 Å². The normalized spacial score (nSPS) is 17.0. The zero-order valence-corrected chi connectivity index (χ0v) is 19.7. The predicted molar refractivity (Wildman–Crippen MR) is 134 cm³/mol. The van der Waals surface area contributed by atoms with Crippen LogP contribution in [0.5, 0.6) is 0 Å². The van der Waals surface area contributed by atoms with Gasteiger partial charge >= 0.3 is 0 Å². The highest BCUT2D eigenvalue weighted by atomic mass is 16.5. The van der Waals surface area contributed by atoms with E-state index in [1.165, 1.54) is 12.4 Å². The highest BCUT2D eigenvalue weighted by Gasteiger charge is 2.24. The number of nitrogen functional groups attached to an aromatic ring is 1. The Kier molecular flexibility index (Phi) is 6.50. The zero-order valence-electron chi connectivity index (χ0n) is 19.7. The van der Waals surface area contributed by atoms with Crippen LogP contribution in [0, 0.1) is 5.92 Å². The Morgan fingerprint density at radius 1 is 1.06 bits per heavy atom. The molecule has 4 heterocycles. The summed E-state index contributed by atoms with van der Waals surface area (Å²) >= 11 is 0. The molecule has 9 heteroatoms. The van der Waals surface area contributed by atoms with Gasteiger partial charge in [0.1, 0.15) is 17.8 Å². The number of ether oxygens (including phenoxy) is 1. The van der Waals surface area contributed by atoms with Gasteiger partial charge in [0, 0.05) is 50.0 Å². The third kappa shape index (κ3) is 4.64. The molecule has 3 aromatic rings. The first kappa shape index (κ1) is 23.0. The Hall–Kier alpha value is -3.72. The third-order valence-electron chi connectivity index (χ3n) is 6.98. The monoisotopic (exact) mass is 474 g/mol. The minimum Gasteiger partial charge on any atom is -0.383 e. The molecule has 2 aromatic heterocycles. The summed E-state index contributed by atoms with van der Waals surface area (Å²) in [5, 5.41) is 0.819. The first-order valence-electron chi connectivity index (χ1n) is 12.0. The fourth-order valence-electron chi connectivity index (χ4n) is 4.99. The van der Waals surface area contributed by atoms with E-state index in [1.807, 2.05) is 34.1 Å². The summed E-state index contributed by atoms with van der Waals surface area (Å²) in [6, 6.07) is 7.64. The van der Waals surface area contributed by atoms with Crippen molar-refractivity contribution in [2.24, 2.45) is 5.92 Å². The summed E-state index contributed by atoms with van der Waals surface area (Å²) in [5.41, 5.74) is 9.65. The van der Waals surface area contributed by atoms with Crippen LogP contribution in [-0.4, -0.2) is 75.5 Å². The maximum Gasteiger partial charge on any atom is 0.254 e. The molecule has 182 valence electrons. The van der Waals surface area contributed by atoms with Crippen molar-refractivity contribution in [3.05, 3.63) is 55.0 Å². The lowest BCUT2D eigenvalue weighted by molar-refractivity contribution is -0.127. The molecule has 2 aliphatic rings. The SMILES string of the molecule is C=CC(=O)N1CCC(Cn2cc(-c3ccc(C(=O)N4CCOCC4)cc3)c3c(N)ncnc32)CC1. The molecule has 9 nitrogen and oxygen atoms in total. The first-order valence-corrected chi connectivity index (χ1v) is 12.0. The summed E-state index contributed by atoms with van der Waals surface area (Å²) in [6.45, 7) is 8.22. The predicted octanol–water partition coefficient (Wildman–Crippen LogP) is 2.58. The number of hydrogen-bond acceptors (Lipinski definition) is 6. The van der Waals surface area contributed by atoms with E-state index < -0.39 is 0 Å². The maximum atomic E-state index is 12.8. The summed E-state index contributed by atoms with van der Waals surface area (Å²) in [5.74, 6) is 0.875. The molecule has 0 spiro atoms. The van der Waals surface area contributed by atoms with Gasteiger partial charge in [-0.15, -0.1) is 0 Å². The zero-order chi connectivity index (χ0) is 24.4. The number of nitrogens with zero attached hydrogens (tertiary/aromatic N) is 5. The van der Waals surface area contributed by atoms with Gasteiger partial charge in [-0.2, -0.15) is 0 Å². The van der Waals surface area contributed by atoms with Gasteiger partial charge in [0.05, 0.1) is 18.6 Å². The quantitative estimate of drug-likeness (QED) is 0.570. The first-order chi connectivity index (χ1) is 17.0. The van der Waals surface area contributed by atoms with Gasteiger partial charge in [0.25, 0.3) is 5.91 Å². The molecule has 35 heavy (non-hydrogen) atoms. The van der Waals surface area contributed by atoms with Gasteiger partial charge in [0.2, 0.25) is 5.91 Å². The number of likely N-dealkylation sites (tertiary alicyclic amines) is 1. The maximum absolute atomic E-state index is 12.8. The number of nitrogens with two attached hydrogens (primary N) is 1. The highest BCUT2D eigenvalue weighted by Crippen LogP contribution is 2.34. The molecule has 5 rings (SSSR count). The third-order valence-corrected chi connectivity index (χ3v) is 6.98. The number of amides is 2. The molecule has 0 aliphatic carbocycles. The number of anilines is 1. The van der Waals surface area contributed by atoms with Crippen LogP contribution < -0.4 is 5.73 Å². The number of benzene rings is 1. The van der Waals surface area contributed by atoms with Crippen molar-refractivity contribution >= 4 is 28.7 Å². The second-order valence-corrected chi connectivity index (χ2v) is 9.11. The Morgan fingerprint density at radius 3 is 2.46 bits per heavy atom. The van der Waals surface area contributed by atoms with E-state index in [4.69, 9.17) is 10.5 Å². The van der Waals surface area contributed by atoms with Gasteiger partial charge in [-0.25, -0.2) is 9.97 Å². The molecule has 1 aromatic carbocycles. The fraction of sp³-hybridized carbons (Fsp3) is 0.385. The lowest BCUT2D eigenvalue weighted by Gasteiger charge is -2.31. The molecule has 0 unspecified atom stereocenters. The number of carbonyl (C=O) groups excluding carboxylic acids is 2. The number of morpholine rings is 1. The average Bonchev–Trinajstić information content (AvgIpc) is 3.28. The summed E-state index contributed by atoms with van der Waals surface area (Å²) < 4.78 is 7.50. The van der Waals surface area contributed by atoms with Crippen LogP contribution in [0.2, 0.25) is 0 Å². The van der Waals surface area contributed by atoms with Crippen molar-refractivity contribution in [3.63, 3.8) is 0 Å². The Bertz CT molecular complexity index is 1240. The number of carbonyl (C=O) groups is 2. The van der Waals surface area contributed by atoms with Gasteiger partial charge in [-0.05, 0) is 42.5 Å². The molecular formula is C26H30N6O3. The van der Waals surface area contributed by atoms with Gasteiger partial charge in [0.15, 0.2) is 0 Å². The van der Waals surface area contributed by atoms with Crippen LogP contribution in [0.15, 0.2) is 49.4 Å². The van der Waals surface area contributed by atoms with E-state index >= 15 is 0 Å². The van der Waals surface area contributed by atoms with Crippen molar-refractivity contribution in [3.8, 4) is 11.1 Å². The minimum absolute atomic E-state index is 0.00628. The van der Waals surface area contributed by atoms with E-state index in [9.17, 15) is 9.59 Å². The number of rotatable bonds is 5. The van der Waals surface area contributed by atoms with E-state index in [0.717, 1.165) is 54.6 Å². The molecule has 2 amide bonds. The van der Waals surface area contributed by atoms with Crippen molar-refractivity contribution in [1.82, 2.24) is 24.3 Å². The van der Waals surface area contributed by atoms with Crippen molar-refractivity contribution in [2.75, 3.05) is 45.1 Å². The summed E-state index contributed by atoms with van der Waals surface area (Å²) in [4.78, 5) is 37.2. The van der Waals surface area contributed by atoms with E-state index in [1.54, 1.807) is 0 Å². The molecule has 0 radical (unpaired) electrons. The highest BCUT2D eigenvalue weighted by molar-refractivity contribution is 6.01. The van der Waals surface area contributed by atoms with Crippen molar-refractivity contribution in [2.45, 2.75) is 19.4 Å². The second kappa shape index (κ2) is 9.87. The van der Waals surface area contributed by atoms with Crippen LogP contribution in [0.4, 0.5) is 5.82 Å². The van der Waals surface area contributed by atoms with Crippen LogP contribution in [0.3, 0.4) is 0 Å². The van der Waals surface area contributed by atoms with Crippen molar-refractivity contribution in [1.29, 1.82) is 0 Å². The molecule has 2 saturated heterocycles. The minimum atomic E-state index is -0.00628. The van der Waals surface area contributed by atoms with E-state index in [2.05, 4.69) is 27.3 Å². The Labute approximate surface area is 204 Å². The topological polar surface area (TPSA) is 107 Å². The van der Waals surface area contributed by atoms with Gasteiger partial charge in [-0.3, -0.25) is 9.59 Å². The largest absolute Gasteiger partial charge is 0.383 e. The van der Waals surface area contributed by atoms with Crippen LogP contribution in [0.25, 0.3) is 22.2 Å². The molecule has 0 atom stereocenters. The Morgan fingerprint density at radius 2 is 1.77 bits per heavy atom. The van der Waals surface area contributed by atoms with Crippen LogP contribution >= 0.6 is 0 Å². The molecule has 0 saturated carbocycles. The average molecular weight is 475 g/mol. The molecule has 2 aliphatic heterocycles. The summed E-state index contributed by atoms with van der Waals surface area (Å²) in [6.07, 6.45) is 6.80. The van der Waals surface area contributed by atoms with Gasteiger partial charge < -0.3 is 24.8 Å². The second-order valence-electron chi connectivity index (χ2n) is 9.11. The number of fused-ring (bicyclic) bond motifs is 1. The molecule has 0 bridgehead atoms. The van der Waals surface area contributed by atoms with Crippen molar-refractivity contribution < 1.29 is 14.3 Å². The smallest absolute Gasteiger partial charge is 0.254 e. The lowest BCUT2D eigenvalue weighted by atomic mass is 9.96. The molecular weight excluding hydrogens is 444 g/mol. The van der Waals surface area contributed by atoms with E-state index in [0.29, 0.717) is 43.6 Å². The Balaban J connectivity index is 1.39. The molecule has 2 fully saturated rings. The molecule has 2 N–H and O–H groups in total. The summed E-state index contributed by atoms with van der Waals surface area (Å²) in [7, 11) is 0. The number of aromatic nitrogens is 3. The van der Waals surface area contributed by atoms with E-state index in [-0.39, 0.29) is 11.8 Å².